The van der Waals surface area contributed by atoms with E-state index in [1.165, 1.54) is 17.6 Å². The lowest BCUT2D eigenvalue weighted by Gasteiger charge is -2.32. The highest BCUT2D eigenvalue weighted by Crippen LogP contribution is 2.18. The molecule has 22 heavy (non-hydrogen) atoms. The van der Waals surface area contributed by atoms with Gasteiger partial charge in [0.25, 0.3) is 11.8 Å². The third-order valence-electron chi connectivity index (χ3n) is 3.83. The molecule has 5 nitrogen and oxygen atoms in total. The summed E-state index contributed by atoms with van der Waals surface area (Å²) in [6.45, 7) is 2.00. The molecule has 2 aromatic heterocycles. The zero-order valence-corrected chi connectivity index (χ0v) is 13.0. The Labute approximate surface area is 132 Å². The minimum atomic E-state index is -0.0701. The maximum Gasteiger partial charge on any atom is 0.289 e. The summed E-state index contributed by atoms with van der Waals surface area (Å²) >= 11 is 1.43. The van der Waals surface area contributed by atoms with Crippen molar-refractivity contribution in [3.8, 4) is 0 Å². The molecule has 0 unspecified atom stereocenters. The van der Waals surface area contributed by atoms with Crippen LogP contribution in [-0.2, 0) is 0 Å². The van der Waals surface area contributed by atoms with Crippen LogP contribution in [0, 0.1) is 5.92 Å². The molecule has 0 aliphatic carbocycles. The molecule has 0 radical (unpaired) electrons. The molecular formula is C16H18N2O3S. The van der Waals surface area contributed by atoms with Crippen LogP contribution in [0.25, 0.3) is 0 Å². The van der Waals surface area contributed by atoms with E-state index in [1.807, 2.05) is 22.4 Å². The number of piperidine rings is 1. The summed E-state index contributed by atoms with van der Waals surface area (Å²) in [4.78, 5) is 26.8. The van der Waals surface area contributed by atoms with Gasteiger partial charge in [-0.25, -0.2) is 0 Å². The Kier molecular flexibility index (Phi) is 4.58. The van der Waals surface area contributed by atoms with Crippen LogP contribution in [0.3, 0.4) is 0 Å². The van der Waals surface area contributed by atoms with Gasteiger partial charge in [0.1, 0.15) is 0 Å². The Balaban J connectivity index is 1.52. The highest BCUT2D eigenvalue weighted by atomic mass is 32.1. The maximum atomic E-state index is 12.3. The Bertz CT molecular complexity index is 622. The minimum Gasteiger partial charge on any atom is -0.459 e. The van der Waals surface area contributed by atoms with E-state index in [-0.39, 0.29) is 17.7 Å². The quantitative estimate of drug-likeness (QED) is 0.942. The number of rotatable bonds is 4. The van der Waals surface area contributed by atoms with Gasteiger partial charge in [0.15, 0.2) is 5.76 Å². The van der Waals surface area contributed by atoms with Crippen molar-refractivity contribution >= 4 is 23.2 Å². The van der Waals surface area contributed by atoms with Crippen LogP contribution in [0.15, 0.2) is 40.3 Å². The Hall–Kier alpha value is -2.08. The van der Waals surface area contributed by atoms with Crippen LogP contribution in [-0.4, -0.2) is 36.3 Å². The molecule has 1 aliphatic heterocycles. The highest BCUT2D eigenvalue weighted by Gasteiger charge is 2.26. The van der Waals surface area contributed by atoms with Gasteiger partial charge in [-0.2, -0.15) is 0 Å². The van der Waals surface area contributed by atoms with E-state index in [4.69, 9.17) is 4.42 Å². The van der Waals surface area contributed by atoms with Crippen molar-refractivity contribution in [1.29, 1.82) is 0 Å². The van der Waals surface area contributed by atoms with E-state index in [0.717, 1.165) is 24.3 Å². The number of thiophene rings is 1. The fourth-order valence-corrected chi connectivity index (χ4v) is 3.34. The van der Waals surface area contributed by atoms with E-state index in [1.54, 1.807) is 12.1 Å². The second-order valence-electron chi connectivity index (χ2n) is 5.42. The second kappa shape index (κ2) is 6.79. The number of hydrogen-bond donors (Lipinski definition) is 1. The number of carbonyl (C=O) groups excluding carboxylic acids is 2. The molecule has 1 saturated heterocycles. The lowest BCUT2D eigenvalue weighted by molar-refractivity contribution is 0.0639. The maximum absolute atomic E-state index is 12.3. The Morgan fingerprint density at radius 3 is 3.00 bits per heavy atom. The molecule has 1 atom stereocenters. The molecule has 116 valence electrons. The van der Waals surface area contributed by atoms with Gasteiger partial charge in [0, 0.05) is 19.6 Å². The first-order valence-corrected chi connectivity index (χ1v) is 8.26. The van der Waals surface area contributed by atoms with Crippen LogP contribution >= 0.6 is 11.3 Å². The van der Waals surface area contributed by atoms with Gasteiger partial charge < -0.3 is 14.6 Å². The van der Waals surface area contributed by atoms with Crippen molar-refractivity contribution in [3.63, 3.8) is 0 Å². The monoisotopic (exact) mass is 318 g/mol. The topological polar surface area (TPSA) is 62.6 Å². The van der Waals surface area contributed by atoms with E-state index in [2.05, 4.69) is 5.32 Å². The molecule has 2 aromatic rings. The molecule has 0 saturated carbocycles. The third kappa shape index (κ3) is 3.39. The standard InChI is InChI=1S/C16H18N2O3S/c19-15(14-6-3-9-22-14)17-10-12-4-1-7-18(11-12)16(20)13-5-2-8-21-13/h2-3,5-6,8-9,12H,1,4,7,10-11H2,(H,17,19)/t12-/m0/s1. The van der Waals surface area contributed by atoms with Crippen LogP contribution in [0.2, 0.25) is 0 Å². The zero-order valence-electron chi connectivity index (χ0n) is 12.2. The number of nitrogens with one attached hydrogen (secondary N) is 1. The minimum absolute atomic E-state index is 0.0375. The predicted octanol–water partition coefficient (Wildman–Crippen LogP) is 2.62. The first-order valence-electron chi connectivity index (χ1n) is 7.38. The number of furan rings is 1. The highest BCUT2D eigenvalue weighted by molar-refractivity contribution is 7.12. The van der Waals surface area contributed by atoms with E-state index in [9.17, 15) is 9.59 Å². The van der Waals surface area contributed by atoms with Crippen LogP contribution in [0.5, 0.6) is 0 Å². The third-order valence-corrected chi connectivity index (χ3v) is 4.70. The summed E-state index contributed by atoms with van der Waals surface area (Å²) < 4.78 is 5.17. The first kappa shape index (κ1) is 14.8. The molecule has 0 spiro atoms. The van der Waals surface area contributed by atoms with Crippen molar-refractivity contribution in [1.82, 2.24) is 10.2 Å². The SMILES string of the molecule is O=C(NC[C@@H]1CCCN(C(=O)c2ccco2)C1)c1cccs1. The van der Waals surface area contributed by atoms with Gasteiger partial charge in [0.05, 0.1) is 11.1 Å². The lowest BCUT2D eigenvalue weighted by Crippen LogP contribution is -2.43. The molecule has 0 bridgehead atoms. The van der Waals surface area contributed by atoms with Crippen molar-refractivity contribution in [2.24, 2.45) is 5.92 Å². The lowest BCUT2D eigenvalue weighted by atomic mass is 9.97. The molecular weight excluding hydrogens is 300 g/mol. The normalized spacial score (nSPS) is 18.2. The molecule has 2 amide bonds. The molecule has 3 heterocycles. The summed E-state index contributed by atoms with van der Waals surface area (Å²) in [6, 6.07) is 7.08. The fraction of sp³-hybridized carbons (Fsp3) is 0.375. The van der Waals surface area contributed by atoms with Crippen LogP contribution in [0.4, 0.5) is 0 Å². The molecule has 1 aliphatic rings. The first-order chi connectivity index (χ1) is 10.7. The van der Waals surface area contributed by atoms with Crippen molar-refractivity contribution in [3.05, 3.63) is 46.5 Å². The van der Waals surface area contributed by atoms with Crippen molar-refractivity contribution < 1.29 is 14.0 Å². The predicted molar refractivity (Wildman–Crippen MR) is 84.0 cm³/mol. The van der Waals surface area contributed by atoms with Gasteiger partial charge in [-0.15, -0.1) is 11.3 Å². The summed E-state index contributed by atoms with van der Waals surface area (Å²) in [7, 11) is 0. The number of nitrogens with zero attached hydrogens (tertiary/aromatic N) is 1. The number of amides is 2. The van der Waals surface area contributed by atoms with Crippen molar-refractivity contribution in [2.75, 3.05) is 19.6 Å². The molecule has 3 rings (SSSR count). The molecule has 6 heteroatoms. The van der Waals surface area contributed by atoms with Gasteiger partial charge in [-0.1, -0.05) is 6.07 Å². The van der Waals surface area contributed by atoms with Crippen molar-refractivity contribution in [2.45, 2.75) is 12.8 Å². The van der Waals surface area contributed by atoms with E-state index >= 15 is 0 Å². The largest absolute Gasteiger partial charge is 0.459 e. The molecule has 0 aromatic carbocycles. The summed E-state index contributed by atoms with van der Waals surface area (Å²) in [6.07, 6.45) is 3.48. The van der Waals surface area contributed by atoms with Gasteiger partial charge in [0.2, 0.25) is 0 Å². The molecule has 1 N–H and O–H groups in total. The van der Waals surface area contributed by atoms with E-state index in [0.29, 0.717) is 18.8 Å². The average molecular weight is 318 g/mol. The smallest absolute Gasteiger partial charge is 0.289 e. The summed E-state index contributed by atoms with van der Waals surface area (Å²) in [5.41, 5.74) is 0. The number of carbonyl (C=O) groups is 2. The number of hydrogen-bond acceptors (Lipinski definition) is 4. The summed E-state index contributed by atoms with van der Waals surface area (Å²) in [5.74, 6) is 0.559. The molecule has 1 fully saturated rings. The van der Waals surface area contributed by atoms with Gasteiger partial charge in [-0.3, -0.25) is 9.59 Å². The van der Waals surface area contributed by atoms with Gasteiger partial charge in [-0.05, 0) is 42.3 Å². The summed E-state index contributed by atoms with van der Waals surface area (Å²) in [5, 5.41) is 4.85. The second-order valence-corrected chi connectivity index (χ2v) is 6.37. The number of likely N-dealkylation sites (tertiary alicyclic amines) is 1. The van der Waals surface area contributed by atoms with E-state index < -0.39 is 0 Å². The van der Waals surface area contributed by atoms with Crippen LogP contribution < -0.4 is 5.32 Å². The Morgan fingerprint density at radius 2 is 2.27 bits per heavy atom. The Morgan fingerprint density at radius 1 is 1.36 bits per heavy atom. The average Bonchev–Trinajstić information content (AvgIpc) is 3.25. The van der Waals surface area contributed by atoms with Crippen LogP contribution in [0.1, 0.15) is 33.1 Å². The zero-order chi connectivity index (χ0) is 15.4. The fourth-order valence-electron chi connectivity index (χ4n) is 2.70. The van der Waals surface area contributed by atoms with Gasteiger partial charge >= 0.3 is 0 Å².